The molecule has 2 unspecified atom stereocenters. The van der Waals surface area contributed by atoms with Gasteiger partial charge in [0.25, 0.3) is 0 Å². The van der Waals surface area contributed by atoms with Crippen molar-refractivity contribution in [3.8, 4) is 0 Å². The van der Waals surface area contributed by atoms with E-state index in [1.165, 1.54) is 32.0 Å². The van der Waals surface area contributed by atoms with Crippen LogP contribution in [0.25, 0.3) is 0 Å². The van der Waals surface area contributed by atoms with Gasteiger partial charge in [-0.05, 0) is 26.3 Å². The number of rotatable bonds is 2. The molecule has 0 amide bonds. The van der Waals surface area contributed by atoms with Crippen molar-refractivity contribution in [2.24, 2.45) is 0 Å². The molecule has 0 radical (unpaired) electrons. The maximum Gasteiger partial charge on any atom is 0.224 e. The molecule has 110 valence electrons. The predicted octanol–water partition coefficient (Wildman–Crippen LogP) is 1.72. The number of piperidine rings is 1. The van der Waals surface area contributed by atoms with Crippen molar-refractivity contribution >= 4 is 11.8 Å². The van der Waals surface area contributed by atoms with Gasteiger partial charge in [-0.15, -0.1) is 0 Å². The van der Waals surface area contributed by atoms with Crippen molar-refractivity contribution in [2.45, 2.75) is 38.3 Å². The van der Waals surface area contributed by atoms with E-state index in [1.807, 2.05) is 0 Å². The number of fused-ring (bicyclic) bond motifs is 1. The Kier molecular flexibility index (Phi) is 3.74. The van der Waals surface area contributed by atoms with Crippen LogP contribution in [0.4, 0.5) is 16.2 Å². The highest BCUT2D eigenvalue weighted by atomic mass is 19.1. The summed E-state index contributed by atoms with van der Waals surface area (Å²) in [6.45, 7) is 5.17. The maximum absolute atomic E-state index is 14.1. The van der Waals surface area contributed by atoms with E-state index in [2.05, 4.69) is 32.0 Å². The second kappa shape index (κ2) is 5.52. The molecule has 1 aromatic heterocycles. The van der Waals surface area contributed by atoms with Gasteiger partial charge in [0.2, 0.25) is 5.95 Å². The maximum atomic E-state index is 14.1. The van der Waals surface area contributed by atoms with Gasteiger partial charge in [-0.3, -0.25) is 4.90 Å². The van der Waals surface area contributed by atoms with Crippen molar-refractivity contribution in [1.82, 2.24) is 14.9 Å². The number of halogens is 1. The topological polar surface area (TPSA) is 44.3 Å². The zero-order chi connectivity index (χ0) is 14.1. The van der Waals surface area contributed by atoms with Gasteiger partial charge in [0.15, 0.2) is 11.6 Å². The van der Waals surface area contributed by atoms with Crippen LogP contribution in [-0.2, 0) is 0 Å². The van der Waals surface area contributed by atoms with Gasteiger partial charge in [0.05, 0.1) is 6.20 Å². The third-order valence-corrected chi connectivity index (χ3v) is 4.41. The molecule has 0 aliphatic carbocycles. The van der Waals surface area contributed by atoms with Gasteiger partial charge in [0, 0.05) is 32.2 Å². The molecule has 1 aromatic rings. The molecular formula is C14H22FN5. The zero-order valence-electron chi connectivity index (χ0n) is 12.1. The summed E-state index contributed by atoms with van der Waals surface area (Å²) in [6.07, 6.45) is 5.02. The number of aromatic nitrogens is 2. The lowest BCUT2D eigenvalue weighted by Gasteiger charge is -2.48. The summed E-state index contributed by atoms with van der Waals surface area (Å²) in [7, 11) is 1.75. The molecule has 2 aliphatic rings. The van der Waals surface area contributed by atoms with E-state index in [0.29, 0.717) is 17.8 Å². The highest BCUT2D eigenvalue weighted by Gasteiger charge is 2.34. The van der Waals surface area contributed by atoms with Crippen LogP contribution in [0.2, 0.25) is 0 Å². The fraction of sp³-hybridized carbons (Fsp3) is 0.714. The van der Waals surface area contributed by atoms with E-state index in [1.54, 1.807) is 7.05 Å². The molecule has 0 bridgehead atoms. The molecule has 2 fully saturated rings. The molecule has 0 saturated carbocycles. The van der Waals surface area contributed by atoms with E-state index >= 15 is 0 Å². The summed E-state index contributed by atoms with van der Waals surface area (Å²) in [5, 5.41) is 2.88. The first-order valence-electron chi connectivity index (χ1n) is 7.40. The van der Waals surface area contributed by atoms with Gasteiger partial charge >= 0.3 is 0 Å². The fourth-order valence-corrected chi connectivity index (χ4v) is 3.33. The first-order chi connectivity index (χ1) is 9.69. The molecule has 0 spiro atoms. The van der Waals surface area contributed by atoms with Crippen molar-refractivity contribution in [2.75, 3.05) is 36.9 Å². The molecular weight excluding hydrogens is 257 g/mol. The number of hydrogen-bond acceptors (Lipinski definition) is 5. The van der Waals surface area contributed by atoms with Crippen molar-refractivity contribution < 1.29 is 4.39 Å². The van der Waals surface area contributed by atoms with E-state index in [9.17, 15) is 4.39 Å². The average Bonchev–Trinajstić information content (AvgIpc) is 2.47. The van der Waals surface area contributed by atoms with Gasteiger partial charge in [0.1, 0.15) is 0 Å². The Morgan fingerprint density at radius 3 is 3.00 bits per heavy atom. The quantitative estimate of drug-likeness (QED) is 0.893. The van der Waals surface area contributed by atoms with Gasteiger partial charge in [-0.2, -0.15) is 4.98 Å². The van der Waals surface area contributed by atoms with Crippen LogP contribution in [0.15, 0.2) is 6.20 Å². The molecule has 5 nitrogen and oxygen atoms in total. The highest BCUT2D eigenvalue weighted by molar-refractivity contribution is 5.45. The fourth-order valence-electron chi connectivity index (χ4n) is 3.33. The van der Waals surface area contributed by atoms with Crippen LogP contribution in [0.3, 0.4) is 0 Å². The predicted molar refractivity (Wildman–Crippen MR) is 77.6 cm³/mol. The normalized spacial score (nSPS) is 27.2. The molecule has 3 rings (SSSR count). The Hall–Kier alpha value is -1.43. The molecule has 0 aromatic carbocycles. The largest absolute Gasteiger partial charge is 0.357 e. The third kappa shape index (κ3) is 2.44. The van der Waals surface area contributed by atoms with Crippen LogP contribution in [0.1, 0.15) is 26.2 Å². The first kappa shape index (κ1) is 13.5. The number of piperazine rings is 1. The second-order valence-electron chi connectivity index (χ2n) is 5.76. The lowest BCUT2D eigenvalue weighted by atomic mass is 9.97. The van der Waals surface area contributed by atoms with Crippen molar-refractivity contribution in [1.29, 1.82) is 0 Å². The van der Waals surface area contributed by atoms with Crippen LogP contribution in [0.5, 0.6) is 0 Å². The Balaban J connectivity index is 1.85. The molecule has 6 heteroatoms. The van der Waals surface area contributed by atoms with E-state index in [-0.39, 0.29) is 11.9 Å². The van der Waals surface area contributed by atoms with Crippen LogP contribution >= 0.6 is 0 Å². The molecule has 2 saturated heterocycles. The summed E-state index contributed by atoms with van der Waals surface area (Å²) in [4.78, 5) is 12.9. The van der Waals surface area contributed by atoms with E-state index in [4.69, 9.17) is 0 Å². The lowest BCUT2D eigenvalue weighted by molar-refractivity contribution is 0.115. The molecule has 1 N–H and O–H groups in total. The molecule has 2 atom stereocenters. The zero-order valence-corrected chi connectivity index (χ0v) is 12.1. The summed E-state index contributed by atoms with van der Waals surface area (Å²) in [5.74, 6) is 0.571. The minimum Gasteiger partial charge on any atom is -0.357 e. The van der Waals surface area contributed by atoms with Crippen LogP contribution < -0.4 is 10.2 Å². The highest BCUT2D eigenvalue weighted by Crippen LogP contribution is 2.28. The average molecular weight is 279 g/mol. The van der Waals surface area contributed by atoms with Crippen LogP contribution in [0, 0.1) is 5.82 Å². The third-order valence-electron chi connectivity index (χ3n) is 4.41. The summed E-state index contributed by atoms with van der Waals surface area (Å²) in [5.41, 5.74) is 0. The first-order valence-corrected chi connectivity index (χ1v) is 7.40. The summed E-state index contributed by atoms with van der Waals surface area (Å²) in [6, 6.07) is 0.811. The minimum atomic E-state index is -0.333. The van der Waals surface area contributed by atoms with Crippen molar-refractivity contribution in [3.63, 3.8) is 0 Å². The Morgan fingerprint density at radius 1 is 1.35 bits per heavy atom. The number of nitrogens with one attached hydrogen (secondary N) is 1. The summed E-state index contributed by atoms with van der Waals surface area (Å²) < 4.78 is 14.1. The molecule has 20 heavy (non-hydrogen) atoms. The standard InChI is InChI=1S/C14H22FN5/c1-10-8-19-6-4-3-5-11(19)9-20(10)13-12(15)7-17-14(16-2)18-13/h7,10-11H,3-6,8-9H2,1-2H3,(H,16,17,18). The number of anilines is 2. The monoisotopic (exact) mass is 279 g/mol. The SMILES string of the molecule is CNc1ncc(F)c(N2CC3CCCCN3CC2C)n1. The van der Waals surface area contributed by atoms with Gasteiger partial charge in [-0.1, -0.05) is 6.42 Å². The Morgan fingerprint density at radius 2 is 2.20 bits per heavy atom. The van der Waals surface area contributed by atoms with Gasteiger partial charge in [-0.25, -0.2) is 9.37 Å². The number of hydrogen-bond donors (Lipinski definition) is 1. The molecule has 3 heterocycles. The van der Waals surface area contributed by atoms with Gasteiger partial charge < -0.3 is 10.2 Å². The second-order valence-corrected chi connectivity index (χ2v) is 5.76. The number of nitrogens with zero attached hydrogens (tertiary/aromatic N) is 4. The van der Waals surface area contributed by atoms with Crippen LogP contribution in [-0.4, -0.2) is 53.6 Å². The van der Waals surface area contributed by atoms with E-state index < -0.39 is 0 Å². The summed E-state index contributed by atoms with van der Waals surface area (Å²) >= 11 is 0. The smallest absolute Gasteiger partial charge is 0.224 e. The van der Waals surface area contributed by atoms with E-state index in [0.717, 1.165) is 13.1 Å². The Labute approximate surface area is 119 Å². The van der Waals surface area contributed by atoms with Crippen molar-refractivity contribution in [3.05, 3.63) is 12.0 Å². The Bertz CT molecular complexity index is 481. The minimum absolute atomic E-state index is 0.276. The lowest BCUT2D eigenvalue weighted by Crippen LogP contribution is -2.59. The molecule has 2 aliphatic heterocycles.